The van der Waals surface area contributed by atoms with Gasteiger partial charge in [0.2, 0.25) is 5.91 Å². The standard InChI is InChI=1S/C17H23ClN2O/c1-12-9-13(5-8-19-12)16(21)20-11-17(6-7-17)14-3-2-4-15(18)10-14/h2-4,10,12-13,19H,5-9,11H2,1H3,(H,20,21)/t12-,13-/m0/s1. The fourth-order valence-corrected chi connectivity index (χ4v) is 3.50. The Morgan fingerprint density at radius 2 is 2.29 bits per heavy atom. The van der Waals surface area contributed by atoms with Crippen molar-refractivity contribution < 1.29 is 4.79 Å². The molecule has 4 heteroatoms. The summed E-state index contributed by atoms with van der Waals surface area (Å²) < 4.78 is 0. The first-order chi connectivity index (χ1) is 10.1. The summed E-state index contributed by atoms with van der Waals surface area (Å²) in [5.74, 6) is 0.382. The number of hydrogen-bond donors (Lipinski definition) is 2. The van der Waals surface area contributed by atoms with Gasteiger partial charge in [-0.3, -0.25) is 4.79 Å². The highest BCUT2D eigenvalue weighted by molar-refractivity contribution is 6.30. The zero-order valence-corrected chi connectivity index (χ0v) is 13.2. The topological polar surface area (TPSA) is 41.1 Å². The lowest BCUT2D eigenvalue weighted by Crippen LogP contribution is -2.44. The Bertz CT molecular complexity index is 527. The molecule has 1 aromatic carbocycles. The smallest absolute Gasteiger partial charge is 0.223 e. The molecule has 1 heterocycles. The van der Waals surface area contributed by atoms with Gasteiger partial charge in [0.25, 0.3) is 0 Å². The van der Waals surface area contributed by atoms with Gasteiger partial charge in [-0.05, 0) is 56.8 Å². The van der Waals surface area contributed by atoms with E-state index >= 15 is 0 Å². The van der Waals surface area contributed by atoms with Crippen molar-refractivity contribution in [1.82, 2.24) is 10.6 Å². The Morgan fingerprint density at radius 3 is 2.95 bits per heavy atom. The first-order valence-electron chi connectivity index (χ1n) is 7.86. The van der Waals surface area contributed by atoms with Crippen molar-refractivity contribution in [3.05, 3.63) is 34.9 Å². The van der Waals surface area contributed by atoms with Crippen LogP contribution < -0.4 is 10.6 Å². The van der Waals surface area contributed by atoms with Crippen molar-refractivity contribution in [2.75, 3.05) is 13.1 Å². The maximum absolute atomic E-state index is 12.4. The van der Waals surface area contributed by atoms with E-state index in [-0.39, 0.29) is 17.2 Å². The summed E-state index contributed by atoms with van der Waals surface area (Å²) >= 11 is 6.08. The van der Waals surface area contributed by atoms with Gasteiger partial charge < -0.3 is 10.6 Å². The Hall–Kier alpha value is -1.06. The third kappa shape index (κ3) is 3.41. The second-order valence-corrected chi connectivity index (χ2v) is 7.02. The van der Waals surface area contributed by atoms with Crippen LogP contribution in [0.3, 0.4) is 0 Å². The lowest BCUT2D eigenvalue weighted by Gasteiger charge is -2.28. The molecule has 1 aliphatic heterocycles. The molecule has 0 aromatic heterocycles. The van der Waals surface area contributed by atoms with Crippen LogP contribution in [0.5, 0.6) is 0 Å². The van der Waals surface area contributed by atoms with Gasteiger partial charge in [-0.2, -0.15) is 0 Å². The van der Waals surface area contributed by atoms with Crippen LogP contribution in [0.25, 0.3) is 0 Å². The van der Waals surface area contributed by atoms with Crippen molar-refractivity contribution in [2.24, 2.45) is 5.92 Å². The number of rotatable bonds is 4. The molecule has 1 aromatic rings. The molecular weight excluding hydrogens is 284 g/mol. The molecule has 1 amide bonds. The van der Waals surface area contributed by atoms with E-state index in [0.717, 1.165) is 43.8 Å². The van der Waals surface area contributed by atoms with Gasteiger partial charge in [0.1, 0.15) is 0 Å². The molecule has 0 spiro atoms. The molecule has 3 rings (SSSR count). The molecule has 3 nitrogen and oxygen atoms in total. The van der Waals surface area contributed by atoms with Gasteiger partial charge >= 0.3 is 0 Å². The van der Waals surface area contributed by atoms with E-state index in [2.05, 4.69) is 23.6 Å². The normalized spacial score (nSPS) is 27.1. The zero-order chi connectivity index (χ0) is 14.9. The summed E-state index contributed by atoms with van der Waals surface area (Å²) in [6.07, 6.45) is 4.16. The minimum atomic E-state index is 0.124. The second-order valence-electron chi connectivity index (χ2n) is 6.58. The van der Waals surface area contributed by atoms with E-state index in [0.29, 0.717) is 6.04 Å². The van der Waals surface area contributed by atoms with Crippen molar-refractivity contribution in [2.45, 2.75) is 44.1 Å². The van der Waals surface area contributed by atoms with Gasteiger partial charge in [-0.15, -0.1) is 0 Å². The predicted molar refractivity (Wildman–Crippen MR) is 85.6 cm³/mol. The maximum atomic E-state index is 12.4. The fraction of sp³-hybridized carbons (Fsp3) is 0.588. The van der Waals surface area contributed by atoms with Crippen LogP contribution in [0.4, 0.5) is 0 Å². The van der Waals surface area contributed by atoms with Gasteiger partial charge in [0, 0.05) is 28.9 Å². The third-order valence-electron chi connectivity index (χ3n) is 4.89. The van der Waals surface area contributed by atoms with E-state index in [9.17, 15) is 4.79 Å². The second kappa shape index (κ2) is 5.98. The van der Waals surface area contributed by atoms with Crippen LogP contribution in [0, 0.1) is 5.92 Å². The number of piperidine rings is 1. The average molecular weight is 307 g/mol. The minimum absolute atomic E-state index is 0.124. The first kappa shape index (κ1) is 14.9. The number of carbonyl (C=O) groups excluding carboxylic acids is 1. The number of carbonyl (C=O) groups is 1. The Kier molecular flexibility index (Phi) is 4.23. The summed E-state index contributed by atoms with van der Waals surface area (Å²) in [4.78, 5) is 12.4. The molecule has 1 aliphatic carbocycles. The minimum Gasteiger partial charge on any atom is -0.355 e. The van der Waals surface area contributed by atoms with E-state index in [1.165, 1.54) is 5.56 Å². The molecule has 2 N–H and O–H groups in total. The van der Waals surface area contributed by atoms with E-state index in [1.54, 1.807) is 0 Å². The van der Waals surface area contributed by atoms with Crippen molar-refractivity contribution in [3.8, 4) is 0 Å². The Morgan fingerprint density at radius 1 is 1.48 bits per heavy atom. The molecule has 0 bridgehead atoms. The summed E-state index contributed by atoms with van der Waals surface area (Å²) in [7, 11) is 0. The molecule has 114 valence electrons. The highest BCUT2D eigenvalue weighted by atomic mass is 35.5. The molecule has 2 fully saturated rings. The quantitative estimate of drug-likeness (QED) is 0.898. The lowest BCUT2D eigenvalue weighted by molar-refractivity contribution is -0.126. The van der Waals surface area contributed by atoms with E-state index in [4.69, 9.17) is 11.6 Å². The van der Waals surface area contributed by atoms with Crippen molar-refractivity contribution in [3.63, 3.8) is 0 Å². The SMILES string of the molecule is C[C@H]1C[C@@H](C(=O)NCC2(c3cccc(Cl)c3)CC2)CCN1. The van der Waals surface area contributed by atoms with Gasteiger partial charge in [-0.25, -0.2) is 0 Å². The van der Waals surface area contributed by atoms with Crippen molar-refractivity contribution >= 4 is 17.5 Å². The lowest BCUT2D eigenvalue weighted by atomic mass is 9.91. The predicted octanol–water partition coefficient (Wildman–Crippen LogP) is 2.88. The summed E-state index contributed by atoms with van der Waals surface area (Å²) in [5.41, 5.74) is 1.38. The highest BCUT2D eigenvalue weighted by Gasteiger charge is 2.44. The number of hydrogen-bond acceptors (Lipinski definition) is 2. The molecule has 0 radical (unpaired) electrons. The molecule has 0 unspecified atom stereocenters. The van der Waals surface area contributed by atoms with Gasteiger partial charge in [0.05, 0.1) is 0 Å². The van der Waals surface area contributed by atoms with Gasteiger partial charge in [0.15, 0.2) is 0 Å². The molecule has 2 aliphatic rings. The number of halogens is 1. The van der Waals surface area contributed by atoms with Gasteiger partial charge in [-0.1, -0.05) is 23.7 Å². The molecule has 21 heavy (non-hydrogen) atoms. The fourth-order valence-electron chi connectivity index (χ4n) is 3.31. The van der Waals surface area contributed by atoms with Crippen LogP contribution in [0.15, 0.2) is 24.3 Å². The molecule has 1 saturated heterocycles. The first-order valence-corrected chi connectivity index (χ1v) is 8.24. The average Bonchev–Trinajstić information content (AvgIpc) is 3.26. The largest absolute Gasteiger partial charge is 0.355 e. The van der Waals surface area contributed by atoms with Crippen LogP contribution in [0.1, 0.15) is 38.2 Å². The zero-order valence-electron chi connectivity index (χ0n) is 12.5. The molecule has 2 atom stereocenters. The van der Waals surface area contributed by atoms with Crippen molar-refractivity contribution in [1.29, 1.82) is 0 Å². The monoisotopic (exact) mass is 306 g/mol. The Labute approximate surface area is 131 Å². The van der Waals surface area contributed by atoms with E-state index in [1.807, 2.05) is 18.2 Å². The summed E-state index contributed by atoms with van der Waals surface area (Å²) in [6.45, 7) is 3.83. The van der Waals surface area contributed by atoms with Crippen LogP contribution in [-0.2, 0) is 10.2 Å². The number of amides is 1. The van der Waals surface area contributed by atoms with Crippen LogP contribution in [0.2, 0.25) is 5.02 Å². The highest BCUT2D eigenvalue weighted by Crippen LogP contribution is 2.48. The van der Waals surface area contributed by atoms with Crippen LogP contribution in [-0.4, -0.2) is 25.0 Å². The summed E-state index contributed by atoms with van der Waals surface area (Å²) in [6, 6.07) is 8.49. The van der Waals surface area contributed by atoms with E-state index < -0.39 is 0 Å². The molecule has 1 saturated carbocycles. The summed E-state index contributed by atoms with van der Waals surface area (Å²) in [5, 5.41) is 7.35. The number of benzene rings is 1. The van der Waals surface area contributed by atoms with Crippen LogP contribution >= 0.6 is 11.6 Å². The number of nitrogens with one attached hydrogen (secondary N) is 2. The third-order valence-corrected chi connectivity index (χ3v) is 5.12. The maximum Gasteiger partial charge on any atom is 0.223 e. The Balaban J connectivity index is 1.58. The molecular formula is C17H23ClN2O.